The molecule has 13 rings (SSSR count). The maximum atomic E-state index is 11.3. The molecule has 12 aromatic rings. The van der Waals surface area contributed by atoms with Gasteiger partial charge in [-0.1, -0.05) is 183 Å². The number of aliphatic hydroxyl groups is 2. The zero-order valence-electron chi connectivity index (χ0n) is 73.0. The normalized spacial score (nSPS) is 11.8. The van der Waals surface area contributed by atoms with E-state index in [9.17, 15) is 24.9 Å². The molecule has 10 aromatic heterocycles. The van der Waals surface area contributed by atoms with Crippen molar-refractivity contribution in [2.45, 2.75) is 191 Å². The molecule has 2 aromatic carbocycles. The maximum Gasteiger partial charge on any atom is 0.373 e. The average Bonchev–Trinajstić information content (AvgIpc) is 1.41. The number of carbonyl (C=O) groups is 2. The van der Waals surface area contributed by atoms with Crippen LogP contribution in [0.2, 0.25) is 0 Å². The molecule has 1 aliphatic rings. The predicted molar refractivity (Wildman–Crippen MR) is 505 cm³/mol. The number of aromatic nitrogens is 14. The summed E-state index contributed by atoms with van der Waals surface area (Å²) >= 11 is 12.0. The van der Waals surface area contributed by atoms with Crippen molar-refractivity contribution in [3.05, 3.63) is 286 Å². The Morgan fingerprint density at radius 3 is 1.04 bits per heavy atom. The minimum atomic E-state index is -2.43. The number of hydrogen-bond donors (Lipinski definition) is 4. The first-order chi connectivity index (χ1) is 57.9. The van der Waals surface area contributed by atoms with Crippen LogP contribution in [0.1, 0.15) is 244 Å². The third kappa shape index (κ3) is 38.4. The maximum absolute atomic E-state index is 11.3. The molecule has 0 saturated heterocycles. The van der Waals surface area contributed by atoms with Crippen LogP contribution in [0.5, 0.6) is 23.0 Å². The van der Waals surface area contributed by atoms with E-state index in [0.717, 1.165) is 34.3 Å². The molecule has 26 nitrogen and oxygen atoms in total. The number of aromatic hydroxyl groups is 2. The van der Waals surface area contributed by atoms with E-state index in [1.165, 1.54) is 60.4 Å². The number of ether oxygens (including phenoxy) is 2. The van der Waals surface area contributed by atoms with Crippen LogP contribution in [0.15, 0.2) is 228 Å². The van der Waals surface area contributed by atoms with E-state index in [-0.39, 0.29) is 158 Å². The number of halogens is 6. The van der Waals surface area contributed by atoms with Crippen LogP contribution in [0.4, 0.5) is 0 Å². The Morgan fingerprint density at radius 2 is 0.779 bits per heavy atom. The van der Waals surface area contributed by atoms with Crippen molar-refractivity contribution in [1.82, 2.24) is 68.1 Å². The molecule has 33 heteroatoms. The second kappa shape index (κ2) is 65.4. The van der Waals surface area contributed by atoms with Gasteiger partial charge in [-0.3, -0.25) is 32.8 Å². The van der Waals surface area contributed by atoms with Crippen LogP contribution in [0.3, 0.4) is 0 Å². The summed E-state index contributed by atoms with van der Waals surface area (Å²) in [6.45, 7) is 10.9. The second-order valence-corrected chi connectivity index (χ2v) is 28.5. The van der Waals surface area contributed by atoms with Crippen LogP contribution in [0, 0.1) is 5.92 Å². The number of allylic oxidation sites excluding steroid dienone is 1. The van der Waals surface area contributed by atoms with Gasteiger partial charge in [0.15, 0.2) is 12.6 Å². The van der Waals surface area contributed by atoms with Crippen LogP contribution in [0.25, 0.3) is 23.3 Å². The summed E-state index contributed by atoms with van der Waals surface area (Å²) in [4.78, 5) is 84.8. The minimum absolute atomic E-state index is 0. The quantitative estimate of drug-likeness (QED) is 0.0238. The van der Waals surface area contributed by atoms with Crippen LogP contribution in [-0.4, -0.2) is 117 Å². The molecule has 0 atom stereocenters. The van der Waals surface area contributed by atoms with Gasteiger partial charge in [0.2, 0.25) is 9.23 Å². The number of nitrogens with zero attached hydrogens (tertiary/aromatic N) is 15. The number of hydrogen-bond acceptors (Lipinski definition) is 22. The van der Waals surface area contributed by atoms with Crippen molar-refractivity contribution >= 4 is 111 Å². The second-order valence-electron chi connectivity index (χ2n) is 24.2. The molecule has 122 heavy (non-hydrogen) atoms. The Balaban J connectivity index is -0.000000481. The van der Waals surface area contributed by atoms with E-state index in [0.29, 0.717) is 51.9 Å². The number of phenols is 2. The van der Waals surface area contributed by atoms with Gasteiger partial charge in [-0.05, 0) is 105 Å². The molecule has 1 aliphatic heterocycles. The number of alkyl halides is 1. The van der Waals surface area contributed by atoms with Gasteiger partial charge in [-0.25, -0.2) is 54.0 Å². The number of phenolic OH excluding ortho intramolecular Hbond substituents is 2. The first-order valence-corrected chi connectivity index (χ1v) is 38.8. The highest BCUT2D eigenvalue weighted by Crippen LogP contribution is 2.30. The number of carbonyl (C=O) groups excluding carboxylic acids is 4. The van der Waals surface area contributed by atoms with Crippen molar-refractivity contribution in [1.29, 1.82) is 0 Å². The van der Waals surface area contributed by atoms with E-state index in [4.69, 9.17) is 53.7 Å². The number of pyridine rings is 6. The molecule has 0 fully saturated rings. The predicted octanol–water partition coefficient (Wildman–Crippen LogP) is 23.1. The molecule has 11 heterocycles. The molecular weight excluding hydrogens is 1790 g/mol. The van der Waals surface area contributed by atoms with Crippen molar-refractivity contribution in [2.24, 2.45) is 10.9 Å². The van der Waals surface area contributed by atoms with E-state index < -0.39 is 41.3 Å². The van der Waals surface area contributed by atoms with Gasteiger partial charge < -0.3 is 29.9 Å². The summed E-state index contributed by atoms with van der Waals surface area (Å²) in [5.41, 5.74) is 2.03. The zero-order chi connectivity index (χ0) is 91.7. The summed E-state index contributed by atoms with van der Waals surface area (Å²) in [6.07, 6.45) is 29.2. The van der Waals surface area contributed by atoms with Crippen molar-refractivity contribution in [2.75, 3.05) is 0 Å². The molecule has 0 bridgehead atoms. The van der Waals surface area contributed by atoms with Gasteiger partial charge in [0.1, 0.15) is 91.9 Å². The van der Waals surface area contributed by atoms with E-state index in [1.807, 2.05) is 79.8 Å². The van der Waals surface area contributed by atoms with Crippen LogP contribution in [-0.2, 0) is 50.9 Å². The van der Waals surface area contributed by atoms with Crippen LogP contribution < -0.4 is 9.47 Å². The summed E-state index contributed by atoms with van der Waals surface area (Å²) in [5, 5.41) is 38.1. The summed E-state index contributed by atoms with van der Waals surface area (Å²) in [5.74, 6) is 3.23. The van der Waals surface area contributed by atoms with E-state index >= 15 is 0 Å². The Kier molecular flexibility index (Phi) is 53.9. The molecule has 0 unspecified atom stereocenters. The molecule has 0 amide bonds. The number of benzene rings is 2. The minimum Gasteiger partial charge on any atom is -0.507 e. The Hall–Kier alpha value is -10.3. The lowest BCUT2D eigenvalue weighted by Gasteiger charge is -2.15. The first kappa shape index (κ1) is 101. The third-order valence-corrected chi connectivity index (χ3v) is 16.0. The number of aliphatic imine (C=N–C) groups is 1. The van der Waals surface area contributed by atoms with E-state index in [2.05, 4.69) is 128 Å². The summed E-state index contributed by atoms with van der Waals surface area (Å²) < 4.78 is 106. The molecule has 0 saturated carbocycles. The fraction of sp³-hybridized carbons (Fsp3) is 0.326. The number of aldehydes is 2. The first-order valence-electron chi connectivity index (χ1n) is 39.0. The highest BCUT2D eigenvalue weighted by atomic mass is 79.9. The van der Waals surface area contributed by atoms with Gasteiger partial charge >= 0.3 is 6.15 Å². The average molecular weight is 1920 g/mol. The standard InChI is InChI=1S/2C19H19N3O3.C12H14ClN3.C12H15N3O.C7H11N.C6H6BrNO.C5H4BrN.CO2.8CH4.Cl2OS.ClH/c2*1-13(2)18-21-9-10-22(18)19-14(5-4-8-20-19)12-25-17-7-3-6-16(24)15(17)11-23;1-9(2)11-15-6-7-16(11)12-10(8-13)4-3-5-14-12;1-9(2)11-14-6-7-15(11)12-10(8-16)4-3-5-13-12;1-6(2)7-4-3-5-8-7;7-6-5(4-9)2-1-3-8-6;6-5-3-1-2-4-7-5;2-1-3;;;;;;;;;1-4(2)3;/h2*3-11,13,24H,12H2,1-2H3;3-7,9H,8H2,1-2H3;3-7,9,16H,8H2,1-2H3;3,5-6H,4H2,1-2H3;1-3,9H,4H2;1-4H;;8*1H4;;1H/i2*12D2;2*8D2;;4D2;;;;;;;;;;;;. The molecular formula is C89H121Br2Cl4N15O11S. The smallest absolute Gasteiger partial charge is 0.373 e. The highest BCUT2D eigenvalue weighted by Gasteiger charge is 2.19. The molecule has 666 valence electrons. The van der Waals surface area contributed by atoms with Crippen LogP contribution >= 0.6 is 77.2 Å². The van der Waals surface area contributed by atoms with Gasteiger partial charge in [-0.15, -0.1) is 24.0 Å². The number of imidazole rings is 4. The van der Waals surface area contributed by atoms with Crippen molar-refractivity contribution in [3.63, 3.8) is 0 Å². The van der Waals surface area contributed by atoms with Gasteiger partial charge in [-0.2, -0.15) is 9.59 Å². The monoisotopic (exact) mass is 1920 g/mol. The largest absolute Gasteiger partial charge is 0.507 e. The fourth-order valence-corrected chi connectivity index (χ4v) is 10.4. The molecule has 0 aliphatic carbocycles. The lowest BCUT2D eigenvalue weighted by atomic mass is 10.1. The fourth-order valence-electron chi connectivity index (χ4n) is 9.63. The topological polar surface area (TPSA) is 346 Å². The third-order valence-electron chi connectivity index (χ3n) is 14.7. The zero-order valence-corrected chi connectivity index (χ0v) is 70.1. The molecule has 0 radical (unpaired) electrons. The summed E-state index contributed by atoms with van der Waals surface area (Å²) in [6, 6.07) is 30.0. The Morgan fingerprint density at radius 1 is 0.459 bits per heavy atom. The SMILES string of the molecule is Brc1ccccn1.C.C.C.C.C.C.C.C.CC(C)C1=NC=CC1.Cl.O=C=O.O=S(Cl)Cl.[2H]C([2H])(Cl)c1cccnc1-n1ccnc1C(C)C.[2H]C([2H])(O)c1cccnc1-n1ccnc1C(C)C.[2H]C([2H])(O)c1cccnc1Br.[2H]C([2H])(Oc1cccc(O)c1C=O)c1cccnc1-n1ccnc1C(C)C.[2H]C([2H])(Oc1cccc(O)c1C=O)c1cccnc1-n1ccnc1C(C)C. The Labute approximate surface area is 774 Å². The van der Waals surface area contributed by atoms with E-state index in [1.54, 1.807) is 147 Å². The van der Waals surface area contributed by atoms with Gasteiger partial charge in [0, 0.05) is 181 Å². The van der Waals surface area contributed by atoms with Crippen molar-refractivity contribution in [3.8, 4) is 46.3 Å². The van der Waals surface area contributed by atoms with Gasteiger partial charge in [0.05, 0.1) is 41.0 Å². The number of rotatable bonds is 20. The molecule has 4 N–H and O–H groups in total. The highest BCUT2D eigenvalue weighted by molar-refractivity contribution is 9.10. The summed E-state index contributed by atoms with van der Waals surface area (Å²) in [7, 11) is 7.36. The van der Waals surface area contributed by atoms with Crippen molar-refractivity contribution < 1.29 is 67.0 Å². The molecule has 0 spiro atoms. The lowest BCUT2D eigenvalue weighted by molar-refractivity contribution is -0.191. The Bertz CT molecular complexity index is 5250. The van der Waals surface area contributed by atoms with Gasteiger partial charge in [0.25, 0.3) is 0 Å². The lowest BCUT2D eigenvalue weighted by Crippen LogP contribution is -2.09.